The summed E-state index contributed by atoms with van der Waals surface area (Å²) in [5.74, 6) is -1.70. The zero-order valence-electron chi connectivity index (χ0n) is 22.0. The molecule has 3 aromatic rings. The van der Waals surface area contributed by atoms with Crippen molar-refractivity contribution in [2.24, 2.45) is 0 Å². The Morgan fingerprint density at radius 1 is 0.875 bits per heavy atom. The molecule has 1 N–H and O–H groups in total. The fourth-order valence-corrected chi connectivity index (χ4v) is 5.21. The summed E-state index contributed by atoms with van der Waals surface area (Å²) in [6.45, 7) is 2.03. The van der Waals surface area contributed by atoms with E-state index in [-0.39, 0.29) is 30.0 Å². The largest absolute Gasteiger partial charge is 0.427 e. The average molecular weight is 540 g/mol. The van der Waals surface area contributed by atoms with Crippen LogP contribution in [0.5, 0.6) is 5.75 Å². The van der Waals surface area contributed by atoms with Crippen molar-refractivity contribution in [3.63, 3.8) is 0 Å². The number of hydrogen-bond acceptors (Lipinski definition) is 6. The molecule has 1 saturated heterocycles. The van der Waals surface area contributed by atoms with E-state index in [0.717, 1.165) is 10.5 Å². The summed E-state index contributed by atoms with van der Waals surface area (Å²) in [5, 5.41) is 2.99. The highest BCUT2D eigenvalue weighted by Crippen LogP contribution is 2.27. The van der Waals surface area contributed by atoms with Gasteiger partial charge in [-0.15, -0.1) is 0 Å². The summed E-state index contributed by atoms with van der Waals surface area (Å²) in [6, 6.07) is 21.2. The van der Waals surface area contributed by atoms with E-state index in [2.05, 4.69) is 5.32 Å². The van der Waals surface area contributed by atoms with Crippen molar-refractivity contribution in [3.8, 4) is 5.75 Å². The van der Waals surface area contributed by atoms with Crippen molar-refractivity contribution in [2.75, 3.05) is 13.1 Å². The second kappa shape index (κ2) is 11.5. The van der Waals surface area contributed by atoms with E-state index in [1.165, 1.54) is 13.0 Å². The molecule has 3 aromatic carbocycles. The van der Waals surface area contributed by atoms with Gasteiger partial charge in [0, 0.05) is 38.0 Å². The van der Waals surface area contributed by atoms with Gasteiger partial charge in [0.15, 0.2) is 0 Å². The molecule has 0 radical (unpaired) electrons. The molecule has 204 valence electrons. The second-order valence-electron chi connectivity index (χ2n) is 9.93. The Hall–Kier alpha value is -4.79. The maximum atomic E-state index is 13.9. The fourth-order valence-electron chi connectivity index (χ4n) is 5.21. The third-order valence-electron chi connectivity index (χ3n) is 7.19. The molecule has 2 heterocycles. The third kappa shape index (κ3) is 5.63. The lowest BCUT2D eigenvalue weighted by molar-refractivity contribution is -0.136. The SMILES string of the molecule is CC(=O)Oc1cccc(C(=O)NC2CCN(C(=O)C(Cc3ccccc3)N3C(=O)c4ccccc4C3=O)CC2)c1. The van der Waals surface area contributed by atoms with E-state index in [9.17, 15) is 24.0 Å². The van der Waals surface area contributed by atoms with Gasteiger partial charge in [-0.05, 0) is 48.7 Å². The molecule has 2 aliphatic heterocycles. The predicted molar refractivity (Wildman–Crippen MR) is 146 cm³/mol. The van der Waals surface area contributed by atoms with Gasteiger partial charge >= 0.3 is 5.97 Å². The quantitative estimate of drug-likeness (QED) is 0.280. The van der Waals surface area contributed by atoms with Crippen molar-refractivity contribution in [3.05, 3.63) is 101 Å². The van der Waals surface area contributed by atoms with Crippen molar-refractivity contribution in [1.29, 1.82) is 0 Å². The minimum absolute atomic E-state index is 0.166. The molecule has 0 aliphatic carbocycles. The van der Waals surface area contributed by atoms with Crippen molar-refractivity contribution < 1.29 is 28.7 Å². The first-order chi connectivity index (χ1) is 19.3. The van der Waals surface area contributed by atoms with Crippen LogP contribution < -0.4 is 10.1 Å². The molecule has 1 atom stereocenters. The molecule has 1 unspecified atom stereocenters. The van der Waals surface area contributed by atoms with E-state index in [1.807, 2.05) is 30.3 Å². The number of piperidine rings is 1. The van der Waals surface area contributed by atoms with Gasteiger partial charge in [-0.2, -0.15) is 0 Å². The van der Waals surface area contributed by atoms with Gasteiger partial charge in [-0.3, -0.25) is 28.9 Å². The first kappa shape index (κ1) is 26.8. The minimum Gasteiger partial charge on any atom is -0.427 e. The number of rotatable bonds is 7. The standard InChI is InChI=1S/C31H29N3O6/c1-20(35)40-24-11-7-10-22(19-24)28(36)32-23-14-16-33(17-15-23)31(39)27(18-21-8-3-2-4-9-21)34-29(37)25-12-5-6-13-26(25)30(34)38/h2-13,19,23,27H,14-18H2,1H3,(H,32,36). The van der Waals surface area contributed by atoms with Crippen LogP contribution in [0.3, 0.4) is 0 Å². The highest BCUT2D eigenvalue weighted by molar-refractivity contribution is 6.22. The van der Waals surface area contributed by atoms with E-state index in [0.29, 0.717) is 42.6 Å². The smallest absolute Gasteiger partial charge is 0.308 e. The van der Waals surface area contributed by atoms with Gasteiger partial charge in [0.1, 0.15) is 11.8 Å². The lowest BCUT2D eigenvalue weighted by atomic mass is 10.00. The monoisotopic (exact) mass is 539 g/mol. The number of esters is 1. The predicted octanol–water partition coefficient (Wildman–Crippen LogP) is 3.24. The summed E-state index contributed by atoms with van der Waals surface area (Å²) in [6.07, 6.45) is 1.24. The Balaban J connectivity index is 1.27. The fraction of sp³-hybridized carbons (Fsp3) is 0.258. The first-order valence-corrected chi connectivity index (χ1v) is 13.2. The van der Waals surface area contributed by atoms with Gasteiger partial charge in [0.2, 0.25) is 5.91 Å². The number of ether oxygens (including phenoxy) is 1. The molecular weight excluding hydrogens is 510 g/mol. The Bertz CT molecular complexity index is 1430. The van der Waals surface area contributed by atoms with Crippen molar-refractivity contribution in [1.82, 2.24) is 15.1 Å². The minimum atomic E-state index is -0.982. The maximum absolute atomic E-state index is 13.9. The van der Waals surface area contributed by atoms with Crippen molar-refractivity contribution in [2.45, 2.75) is 38.3 Å². The summed E-state index contributed by atoms with van der Waals surface area (Å²) in [4.78, 5) is 67.2. The molecular formula is C31H29N3O6. The van der Waals surface area contributed by atoms with Crippen LogP contribution in [0.4, 0.5) is 0 Å². The van der Waals surface area contributed by atoms with Crippen LogP contribution in [0, 0.1) is 0 Å². The number of imide groups is 1. The Morgan fingerprint density at radius 3 is 2.12 bits per heavy atom. The van der Waals surface area contributed by atoms with Crippen LogP contribution in [0.25, 0.3) is 0 Å². The molecule has 9 nitrogen and oxygen atoms in total. The number of nitrogens with zero attached hydrogens (tertiary/aromatic N) is 2. The van der Waals surface area contributed by atoms with Crippen molar-refractivity contribution >= 4 is 29.6 Å². The van der Waals surface area contributed by atoms with Crippen LogP contribution >= 0.6 is 0 Å². The van der Waals surface area contributed by atoms with E-state index >= 15 is 0 Å². The number of likely N-dealkylation sites (tertiary alicyclic amines) is 1. The van der Waals surface area contributed by atoms with Gasteiger partial charge in [0.05, 0.1) is 11.1 Å². The first-order valence-electron chi connectivity index (χ1n) is 13.2. The lowest BCUT2D eigenvalue weighted by Crippen LogP contribution is -2.55. The third-order valence-corrected chi connectivity index (χ3v) is 7.19. The zero-order valence-corrected chi connectivity index (χ0v) is 22.0. The van der Waals surface area contributed by atoms with Gasteiger partial charge in [-0.1, -0.05) is 48.5 Å². The zero-order chi connectivity index (χ0) is 28.2. The number of benzene rings is 3. The van der Waals surface area contributed by atoms with Crippen LogP contribution in [-0.4, -0.2) is 64.6 Å². The van der Waals surface area contributed by atoms with E-state index < -0.39 is 23.8 Å². The molecule has 4 amide bonds. The molecule has 0 spiro atoms. The molecule has 2 aliphatic rings. The number of carbonyl (C=O) groups is 5. The van der Waals surface area contributed by atoms with Crippen LogP contribution in [0.15, 0.2) is 78.9 Å². The normalized spacial score (nSPS) is 15.9. The van der Waals surface area contributed by atoms with Crippen LogP contribution in [0.2, 0.25) is 0 Å². The summed E-state index contributed by atoms with van der Waals surface area (Å²) in [5.41, 5.74) is 1.82. The highest BCUT2D eigenvalue weighted by atomic mass is 16.5. The molecule has 0 aromatic heterocycles. The summed E-state index contributed by atoms with van der Waals surface area (Å²) >= 11 is 0. The Kier molecular flexibility index (Phi) is 7.72. The second-order valence-corrected chi connectivity index (χ2v) is 9.93. The molecule has 0 saturated carbocycles. The number of fused-ring (bicyclic) bond motifs is 1. The molecule has 1 fully saturated rings. The Labute approximate surface area is 231 Å². The van der Waals surface area contributed by atoms with E-state index in [1.54, 1.807) is 47.4 Å². The molecule has 0 bridgehead atoms. The molecule has 40 heavy (non-hydrogen) atoms. The number of nitrogens with one attached hydrogen (secondary N) is 1. The lowest BCUT2D eigenvalue weighted by Gasteiger charge is -2.36. The van der Waals surface area contributed by atoms with Gasteiger partial charge in [0.25, 0.3) is 17.7 Å². The van der Waals surface area contributed by atoms with Crippen LogP contribution in [0.1, 0.15) is 56.4 Å². The number of amides is 4. The topological polar surface area (TPSA) is 113 Å². The summed E-state index contributed by atoms with van der Waals surface area (Å²) in [7, 11) is 0. The number of carbonyl (C=O) groups excluding carboxylic acids is 5. The Morgan fingerprint density at radius 2 is 1.50 bits per heavy atom. The van der Waals surface area contributed by atoms with Crippen LogP contribution in [-0.2, 0) is 16.0 Å². The van der Waals surface area contributed by atoms with Gasteiger partial charge in [-0.25, -0.2) is 0 Å². The average Bonchev–Trinajstić information content (AvgIpc) is 3.21. The number of hydrogen-bond donors (Lipinski definition) is 1. The van der Waals surface area contributed by atoms with Gasteiger partial charge < -0.3 is 15.0 Å². The highest BCUT2D eigenvalue weighted by Gasteiger charge is 2.44. The van der Waals surface area contributed by atoms with E-state index in [4.69, 9.17) is 4.74 Å². The molecule has 5 rings (SSSR count). The maximum Gasteiger partial charge on any atom is 0.308 e. The summed E-state index contributed by atoms with van der Waals surface area (Å²) < 4.78 is 5.06. The molecule has 9 heteroatoms.